The van der Waals surface area contributed by atoms with Gasteiger partial charge < -0.3 is 4.74 Å². The van der Waals surface area contributed by atoms with Crippen molar-refractivity contribution < 1.29 is 13.2 Å². The summed E-state index contributed by atoms with van der Waals surface area (Å²) in [6.45, 7) is 3.94. The molecule has 0 unspecified atom stereocenters. The van der Waals surface area contributed by atoms with E-state index in [0.717, 1.165) is 21.7 Å². The summed E-state index contributed by atoms with van der Waals surface area (Å²) in [5, 5.41) is 2.76. The van der Waals surface area contributed by atoms with E-state index in [0.29, 0.717) is 11.6 Å². The van der Waals surface area contributed by atoms with Gasteiger partial charge in [0, 0.05) is 23.2 Å². The van der Waals surface area contributed by atoms with Crippen LogP contribution in [0.15, 0.2) is 46.8 Å². The SMILES string of the molecule is COc1ccc(-c2ccc(S(=O)(=O)NCc3csc(C)n3)cc2C)cn1. The number of hydrogen-bond donors (Lipinski definition) is 1. The van der Waals surface area contributed by atoms with Gasteiger partial charge in [0.2, 0.25) is 15.9 Å². The largest absolute Gasteiger partial charge is 0.481 e. The number of nitrogens with one attached hydrogen (secondary N) is 1. The third-order valence-electron chi connectivity index (χ3n) is 3.87. The molecule has 0 aliphatic heterocycles. The van der Waals surface area contributed by atoms with Gasteiger partial charge in [-0.15, -0.1) is 11.3 Å². The molecule has 2 aromatic heterocycles. The summed E-state index contributed by atoms with van der Waals surface area (Å²) in [5.74, 6) is 0.534. The maximum atomic E-state index is 12.5. The summed E-state index contributed by atoms with van der Waals surface area (Å²) in [4.78, 5) is 8.69. The zero-order valence-electron chi connectivity index (χ0n) is 14.7. The van der Waals surface area contributed by atoms with Crippen LogP contribution in [-0.2, 0) is 16.6 Å². The molecule has 0 amide bonds. The van der Waals surface area contributed by atoms with Crippen molar-refractivity contribution in [3.63, 3.8) is 0 Å². The average Bonchev–Trinajstić information content (AvgIpc) is 3.05. The lowest BCUT2D eigenvalue weighted by molar-refractivity contribution is 0.398. The summed E-state index contributed by atoms with van der Waals surface area (Å²) in [5.41, 5.74) is 3.39. The fraction of sp³-hybridized carbons (Fsp3) is 0.222. The highest BCUT2D eigenvalue weighted by molar-refractivity contribution is 7.89. The van der Waals surface area contributed by atoms with E-state index in [9.17, 15) is 8.42 Å². The van der Waals surface area contributed by atoms with Crippen molar-refractivity contribution in [3.8, 4) is 17.0 Å². The molecule has 0 spiro atoms. The van der Waals surface area contributed by atoms with Crippen LogP contribution >= 0.6 is 11.3 Å². The maximum Gasteiger partial charge on any atom is 0.240 e. The van der Waals surface area contributed by atoms with Crippen molar-refractivity contribution in [2.45, 2.75) is 25.3 Å². The van der Waals surface area contributed by atoms with E-state index >= 15 is 0 Å². The Morgan fingerprint density at radius 2 is 2.00 bits per heavy atom. The van der Waals surface area contributed by atoms with Crippen molar-refractivity contribution in [1.82, 2.24) is 14.7 Å². The van der Waals surface area contributed by atoms with Crippen LogP contribution in [0.4, 0.5) is 0 Å². The van der Waals surface area contributed by atoms with E-state index in [-0.39, 0.29) is 11.4 Å². The third-order valence-corrected chi connectivity index (χ3v) is 6.10. The molecule has 8 heteroatoms. The monoisotopic (exact) mass is 389 g/mol. The summed E-state index contributed by atoms with van der Waals surface area (Å²) < 4.78 is 32.7. The fourth-order valence-corrected chi connectivity index (χ4v) is 4.23. The second-order valence-electron chi connectivity index (χ2n) is 5.75. The number of benzene rings is 1. The van der Waals surface area contributed by atoms with Gasteiger partial charge in [-0.25, -0.2) is 23.1 Å². The van der Waals surface area contributed by atoms with Gasteiger partial charge in [0.25, 0.3) is 0 Å². The first kappa shape index (κ1) is 18.5. The van der Waals surface area contributed by atoms with Crippen molar-refractivity contribution in [1.29, 1.82) is 0 Å². The number of methoxy groups -OCH3 is 1. The molecule has 3 aromatic rings. The quantitative estimate of drug-likeness (QED) is 0.699. The lowest BCUT2D eigenvalue weighted by Gasteiger charge is -2.10. The Hall–Kier alpha value is -2.29. The number of nitrogens with zero attached hydrogens (tertiary/aromatic N) is 2. The second-order valence-corrected chi connectivity index (χ2v) is 8.58. The minimum atomic E-state index is -3.60. The van der Waals surface area contributed by atoms with Gasteiger partial charge in [0.15, 0.2) is 0 Å². The third kappa shape index (κ3) is 4.09. The van der Waals surface area contributed by atoms with E-state index in [1.165, 1.54) is 11.3 Å². The van der Waals surface area contributed by atoms with Crippen LogP contribution in [0, 0.1) is 13.8 Å². The van der Waals surface area contributed by atoms with Crippen molar-refractivity contribution in [2.75, 3.05) is 7.11 Å². The molecule has 6 nitrogen and oxygen atoms in total. The number of ether oxygens (including phenoxy) is 1. The highest BCUT2D eigenvalue weighted by Gasteiger charge is 2.16. The number of pyridine rings is 1. The van der Waals surface area contributed by atoms with Gasteiger partial charge >= 0.3 is 0 Å². The Morgan fingerprint density at radius 1 is 1.19 bits per heavy atom. The fourth-order valence-electron chi connectivity index (χ4n) is 2.53. The Balaban J connectivity index is 1.81. The minimum Gasteiger partial charge on any atom is -0.481 e. The van der Waals surface area contributed by atoms with E-state index < -0.39 is 10.0 Å². The van der Waals surface area contributed by atoms with Gasteiger partial charge in [-0.05, 0) is 43.2 Å². The first-order valence-electron chi connectivity index (χ1n) is 7.91. The van der Waals surface area contributed by atoms with Crippen LogP contribution in [0.5, 0.6) is 5.88 Å². The first-order chi connectivity index (χ1) is 12.4. The number of aryl methyl sites for hydroxylation is 2. The first-order valence-corrected chi connectivity index (χ1v) is 10.3. The molecule has 1 aromatic carbocycles. The maximum absolute atomic E-state index is 12.5. The Bertz CT molecular complexity index is 1010. The number of rotatable bonds is 6. The molecule has 0 fully saturated rings. The van der Waals surface area contributed by atoms with E-state index in [1.807, 2.05) is 25.3 Å². The lowest BCUT2D eigenvalue weighted by atomic mass is 10.0. The Morgan fingerprint density at radius 3 is 2.58 bits per heavy atom. The molecule has 2 heterocycles. The molecule has 1 N–H and O–H groups in total. The van der Waals surface area contributed by atoms with Crippen LogP contribution in [0.3, 0.4) is 0 Å². The van der Waals surface area contributed by atoms with Crippen molar-refractivity contribution in [3.05, 3.63) is 58.2 Å². The number of aromatic nitrogens is 2. The molecule has 0 aliphatic carbocycles. The molecule has 0 radical (unpaired) electrons. The summed E-state index contributed by atoms with van der Waals surface area (Å²) in [6, 6.07) is 8.72. The van der Waals surface area contributed by atoms with Crippen LogP contribution in [0.1, 0.15) is 16.3 Å². The van der Waals surface area contributed by atoms with Crippen LogP contribution in [-0.4, -0.2) is 25.5 Å². The Labute approximate surface area is 157 Å². The highest BCUT2D eigenvalue weighted by atomic mass is 32.2. The van der Waals surface area contributed by atoms with Crippen LogP contribution in [0.25, 0.3) is 11.1 Å². The van der Waals surface area contributed by atoms with Gasteiger partial charge in [-0.3, -0.25) is 0 Å². The molecule has 26 heavy (non-hydrogen) atoms. The summed E-state index contributed by atoms with van der Waals surface area (Å²) in [6.07, 6.45) is 1.71. The van der Waals surface area contributed by atoms with Gasteiger partial charge in [0.05, 0.1) is 29.3 Å². The van der Waals surface area contributed by atoms with Crippen LogP contribution < -0.4 is 9.46 Å². The summed E-state index contributed by atoms with van der Waals surface area (Å²) >= 11 is 1.49. The van der Waals surface area contributed by atoms with Gasteiger partial charge in [-0.1, -0.05) is 6.07 Å². The van der Waals surface area contributed by atoms with Crippen LogP contribution in [0.2, 0.25) is 0 Å². The zero-order valence-corrected chi connectivity index (χ0v) is 16.3. The van der Waals surface area contributed by atoms with Gasteiger partial charge in [-0.2, -0.15) is 0 Å². The van der Waals surface area contributed by atoms with Crippen molar-refractivity contribution in [2.24, 2.45) is 0 Å². The zero-order chi connectivity index (χ0) is 18.7. The Kier molecular flexibility index (Phi) is 5.36. The van der Waals surface area contributed by atoms with E-state index in [4.69, 9.17) is 4.74 Å². The molecule has 136 valence electrons. The number of sulfonamides is 1. The molecule has 0 saturated heterocycles. The lowest BCUT2D eigenvalue weighted by Crippen LogP contribution is -2.23. The van der Waals surface area contributed by atoms with Crippen molar-refractivity contribution >= 4 is 21.4 Å². The highest BCUT2D eigenvalue weighted by Crippen LogP contribution is 2.26. The van der Waals surface area contributed by atoms with E-state index in [1.54, 1.807) is 37.6 Å². The molecular weight excluding hydrogens is 370 g/mol. The molecule has 3 rings (SSSR count). The smallest absolute Gasteiger partial charge is 0.240 e. The second kappa shape index (κ2) is 7.53. The molecule has 0 atom stereocenters. The number of thiazole rings is 1. The standard InChI is InChI=1S/C18H19N3O3S2/c1-12-8-16(26(22,23)20-10-15-11-25-13(2)21-15)5-6-17(12)14-4-7-18(24-3)19-9-14/h4-9,11,20H,10H2,1-3H3. The van der Waals surface area contributed by atoms with E-state index in [2.05, 4.69) is 14.7 Å². The molecule has 0 saturated carbocycles. The molecule has 0 bridgehead atoms. The topological polar surface area (TPSA) is 81.2 Å². The molecular formula is C18H19N3O3S2. The normalized spacial score (nSPS) is 11.5. The summed E-state index contributed by atoms with van der Waals surface area (Å²) in [7, 11) is -2.04. The minimum absolute atomic E-state index is 0.176. The average molecular weight is 390 g/mol. The number of hydrogen-bond acceptors (Lipinski definition) is 6. The predicted molar refractivity (Wildman–Crippen MR) is 102 cm³/mol. The predicted octanol–water partition coefficient (Wildman–Crippen LogP) is 3.31. The van der Waals surface area contributed by atoms with Gasteiger partial charge in [0.1, 0.15) is 0 Å². The molecule has 0 aliphatic rings.